The Balaban J connectivity index is 1.64. The molecule has 0 aliphatic carbocycles. The first-order valence-corrected chi connectivity index (χ1v) is 8.29. The molecule has 124 valence electrons. The topological polar surface area (TPSA) is 106 Å². The van der Waals surface area contributed by atoms with Crippen LogP contribution in [-0.2, 0) is 5.75 Å². The molecule has 2 aromatic carbocycles. The summed E-state index contributed by atoms with van der Waals surface area (Å²) in [6.07, 6.45) is 1.60. The second-order valence-electron chi connectivity index (χ2n) is 5.28. The molecule has 0 saturated carbocycles. The average molecular weight is 353 g/mol. The first-order chi connectivity index (χ1) is 12.1. The molecule has 0 spiro atoms. The lowest BCUT2D eigenvalue weighted by Gasteiger charge is -2.02. The number of rotatable bonds is 4. The molecule has 2 aromatic heterocycles. The van der Waals surface area contributed by atoms with Crippen molar-refractivity contribution in [2.24, 2.45) is 0 Å². The largest absolute Gasteiger partial charge is 0.508 e. The van der Waals surface area contributed by atoms with Gasteiger partial charge in [-0.3, -0.25) is 10.1 Å². The highest BCUT2D eigenvalue weighted by molar-refractivity contribution is 7.98. The maximum absolute atomic E-state index is 10.9. The van der Waals surface area contributed by atoms with Gasteiger partial charge in [-0.05, 0) is 18.2 Å². The zero-order chi connectivity index (χ0) is 17.4. The highest BCUT2D eigenvalue weighted by Crippen LogP contribution is 2.29. The molecule has 2 heterocycles. The Morgan fingerprint density at radius 2 is 2.08 bits per heavy atom. The Morgan fingerprint density at radius 3 is 2.92 bits per heavy atom. The zero-order valence-corrected chi connectivity index (χ0v) is 13.6. The second-order valence-corrected chi connectivity index (χ2v) is 6.23. The van der Waals surface area contributed by atoms with Crippen molar-refractivity contribution in [2.45, 2.75) is 10.9 Å². The number of thioether (sulfide) groups is 1. The fourth-order valence-electron chi connectivity index (χ4n) is 2.46. The van der Waals surface area contributed by atoms with Crippen molar-refractivity contribution in [3.05, 3.63) is 64.5 Å². The van der Waals surface area contributed by atoms with E-state index in [1.54, 1.807) is 10.8 Å². The predicted molar refractivity (Wildman–Crippen MR) is 92.6 cm³/mol. The van der Waals surface area contributed by atoms with E-state index in [0.717, 1.165) is 10.9 Å². The molecule has 4 rings (SSSR count). The predicted octanol–water partition coefficient (Wildman–Crippen LogP) is 3.18. The minimum absolute atomic E-state index is 0.00832. The number of phenols is 1. The number of nitro benzene ring substituents is 1. The van der Waals surface area contributed by atoms with Crippen molar-refractivity contribution in [3.8, 4) is 5.75 Å². The summed E-state index contributed by atoms with van der Waals surface area (Å²) in [5.74, 6) is 0.324. The van der Waals surface area contributed by atoms with Crippen LogP contribution in [-0.4, -0.2) is 29.6 Å². The summed E-state index contributed by atoms with van der Waals surface area (Å²) in [7, 11) is 0. The number of nitrogens with zero attached hydrogens (tertiary/aromatic N) is 5. The number of nitro groups is 1. The molecule has 0 amide bonds. The summed E-state index contributed by atoms with van der Waals surface area (Å²) in [6, 6.07) is 11.6. The van der Waals surface area contributed by atoms with Crippen molar-refractivity contribution in [1.82, 2.24) is 19.6 Å². The molecule has 0 bridgehead atoms. The summed E-state index contributed by atoms with van der Waals surface area (Å²) >= 11 is 1.29. The monoisotopic (exact) mass is 353 g/mol. The molecule has 0 fully saturated rings. The fourth-order valence-corrected chi connectivity index (χ4v) is 3.28. The SMILES string of the molecule is O=[N+]([O-])c1ccc(O)c(CSc2nc3c4ccccc4ncn3n2)c1. The van der Waals surface area contributed by atoms with Crippen LogP contribution in [0.25, 0.3) is 16.6 Å². The van der Waals surface area contributed by atoms with Crippen LogP contribution in [0.1, 0.15) is 5.56 Å². The Morgan fingerprint density at radius 1 is 1.24 bits per heavy atom. The molecule has 0 aliphatic rings. The number of benzene rings is 2. The van der Waals surface area contributed by atoms with Crippen molar-refractivity contribution in [2.75, 3.05) is 0 Å². The molecule has 0 unspecified atom stereocenters. The van der Waals surface area contributed by atoms with Gasteiger partial charge in [0.25, 0.3) is 5.69 Å². The van der Waals surface area contributed by atoms with Gasteiger partial charge < -0.3 is 5.11 Å². The Bertz CT molecular complexity index is 1110. The summed E-state index contributed by atoms with van der Waals surface area (Å²) in [6.45, 7) is 0. The molecule has 0 aliphatic heterocycles. The fraction of sp³-hybridized carbons (Fsp3) is 0.0625. The third-order valence-electron chi connectivity index (χ3n) is 3.69. The van der Waals surface area contributed by atoms with Gasteiger partial charge in [-0.15, -0.1) is 5.10 Å². The van der Waals surface area contributed by atoms with Crippen molar-refractivity contribution >= 4 is 34.0 Å². The van der Waals surface area contributed by atoms with Gasteiger partial charge in [-0.25, -0.2) is 14.5 Å². The number of aromatic nitrogens is 4. The van der Waals surface area contributed by atoms with Gasteiger partial charge in [0.05, 0.1) is 10.4 Å². The second kappa shape index (κ2) is 6.02. The van der Waals surface area contributed by atoms with Crippen LogP contribution in [0.5, 0.6) is 5.75 Å². The van der Waals surface area contributed by atoms with Crippen LogP contribution < -0.4 is 0 Å². The van der Waals surface area contributed by atoms with E-state index in [2.05, 4.69) is 15.1 Å². The van der Waals surface area contributed by atoms with E-state index in [1.165, 1.54) is 30.0 Å². The highest BCUT2D eigenvalue weighted by atomic mass is 32.2. The molecule has 0 atom stereocenters. The molecule has 25 heavy (non-hydrogen) atoms. The molecule has 4 aromatic rings. The summed E-state index contributed by atoms with van der Waals surface area (Å²) < 4.78 is 1.60. The van der Waals surface area contributed by atoms with Gasteiger partial charge in [-0.2, -0.15) is 0 Å². The van der Waals surface area contributed by atoms with E-state index in [9.17, 15) is 15.2 Å². The highest BCUT2D eigenvalue weighted by Gasteiger charge is 2.13. The van der Waals surface area contributed by atoms with E-state index in [4.69, 9.17) is 0 Å². The number of hydrogen-bond acceptors (Lipinski definition) is 7. The quantitative estimate of drug-likeness (QED) is 0.341. The molecule has 9 heteroatoms. The number of aromatic hydroxyl groups is 1. The summed E-state index contributed by atoms with van der Waals surface area (Å²) in [5, 5.41) is 26.5. The van der Waals surface area contributed by atoms with Gasteiger partial charge in [0, 0.05) is 28.8 Å². The third kappa shape index (κ3) is 2.85. The maximum atomic E-state index is 10.9. The average Bonchev–Trinajstić information content (AvgIpc) is 3.04. The van der Waals surface area contributed by atoms with Gasteiger partial charge in [0.15, 0.2) is 5.65 Å². The Labute approximate surface area is 145 Å². The van der Waals surface area contributed by atoms with Crippen LogP contribution >= 0.6 is 11.8 Å². The Kier molecular flexibility index (Phi) is 3.69. The standard InChI is InChI=1S/C16H11N5O3S/c22-14-6-5-11(21(23)24)7-10(14)8-25-16-18-15-12-3-1-2-4-13(12)17-9-20(15)19-16/h1-7,9,22H,8H2. The minimum atomic E-state index is -0.491. The van der Waals surface area contributed by atoms with Crippen molar-refractivity contribution in [3.63, 3.8) is 0 Å². The van der Waals surface area contributed by atoms with E-state index < -0.39 is 4.92 Å². The molecule has 8 nitrogen and oxygen atoms in total. The van der Waals surface area contributed by atoms with Crippen molar-refractivity contribution < 1.29 is 10.0 Å². The molecule has 1 N–H and O–H groups in total. The van der Waals surface area contributed by atoms with Crippen LogP contribution in [0.3, 0.4) is 0 Å². The lowest BCUT2D eigenvalue weighted by molar-refractivity contribution is -0.384. The van der Waals surface area contributed by atoms with Crippen LogP contribution in [0.2, 0.25) is 0 Å². The number of hydrogen-bond donors (Lipinski definition) is 1. The summed E-state index contributed by atoms with van der Waals surface area (Å²) in [5.41, 5.74) is 1.92. The van der Waals surface area contributed by atoms with Gasteiger partial charge >= 0.3 is 0 Å². The Hall–Kier alpha value is -3.20. The molecule has 0 radical (unpaired) electrons. The lowest BCUT2D eigenvalue weighted by Crippen LogP contribution is -1.91. The maximum Gasteiger partial charge on any atom is 0.270 e. The number of phenolic OH excluding ortho intramolecular Hbond substituents is 1. The van der Waals surface area contributed by atoms with E-state index >= 15 is 0 Å². The van der Waals surface area contributed by atoms with Crippen LogP contribution in [0.15, 0.2) is 53.9 Å². The number of para-hydroxylation sites is 1. The smallest absolute Gasteiger partial charge is 0.270 e. The van der Waals surface area contributed by atoms with Crippen molar-refractivity contribution in [1.29, 1.82) is 0 Å². The number of fused-ring (bicyclic) bond motifs is 3. The first kappa shape index (κ1) is 15.3. The van der Waals surface area contributed by atoms with Crippen LogP contribution in [0.4, 0.5) is 5.69 Å². The van der Waals surface area contributed by atoms with Gasteiger partial charge in [-0.1, -0.05) is 23.9 Å². The minimum Gasteiger partial charge on any atom is -0.508 e. The lowest BCUT2D eigenvalue weighted by atomic mass is 10.2. The third-order valence-corrected chi connectivity index (χ3v) is 4.58. The van der Waals surface area contributed by atoms with Gasteiger partial charge in [0.2, 0.25) is 5.16 Å². The zero-order valence-electron chi connectivity index (χ0n) is 12.7. The normalized spacial score (nSPS) is 11.2. The van der Waals surface area contributed by atoms with E-state index in [1.807, 2.05) is 24.3 Å². The molecule has 0 saturated heterocycles. The summed E-state index contributed by atoms with van der Waals surface area (Å²) in [4.78, 5) is 19.2. The molecular formula is C16H11N5O3S. The number of non-ortho nitro benzene ring substituents is 1. The molecular weight excluding hydrogens is 342 g/mol. The van der Waals surface area contributed by atoms with Gasteiger partial charge in [0.1, 0.15) is 12.1 Å². The van der Waals surface area contributed by atoms with E-state index in [-0.39, 0.29) is 11.4 Å². The van der Waals surface area contributed by atoms with E-state index in [0.29, 0.717) is 22.1 Å². The van der Waals surface area contributed by atoms with Crippen LogP contribution in [0, 0.1) is 10.1 Å². The first-order valence-electron chi connectivity index (χ1n) is 7.31.